The molecule has 0 aromatic carbocycles. The lowest BCUT2D eigenvalue weighted by Crippen LogP contribution is -2.26. The second-order valence-corrected chi connectivity index (χ2v) is 3.87. The van der Waals surface area contributed by atoms with E-state index in [1.54, 1.807) is 12.3 Å². The third-order valence-electron chi connectivity index (χ3n) is 1.53. The summed E-state index contributed by atoms with van der Waals surface area (Å²) in [5, 5.41) is 9.22. The molecule has 1 aromatic heterocycles. The first kappa shape index (κ1) is 10.8. The average Bonchev–Trinajstić information content (AvgIpc) is 2.11. The van der Waals surface area contributed by atoms with Gasteiger partial charge in [-0.3, -0.25) is 4.79 Å². The van der Waals surface area contributed by atoms with Gasteiger partial charge in [-0.15, -0.1) is 11.6 Å². The molecule has 0 spiro atoms. The first-order valence-corrected chi connectivity index (χ1v) is 5.06. The number of pyridine rings is 1. The molecule has 1 N–H and O–H groups in total. The Morgan fingerprint density at radius 2 is 2.31 bits per heavy atom. The molecule has 0 fully saturated rings. The number of rotatable bonds is 3. The van der Waals surface area contributed by atoms with Gasteiger partial charge < -0.3 is 9.67 Å². The molecule has 1 heterocycles. The Bertz CT molecular complexity index is 339. The van der Waals surface area contributed by atoms with Crippen LogP contribution in [0.25, 0.3) is 0 Å². The van der Waals surface area contributed by atoms with Gasteiger partial charge in [-0.05, 0) is 22.0 Å². The maximum absolute atomic E-state index is 11.2. The van der Waals surface area contributed by atoms with Crippen LogP contribution in [0.5, 0.6) is 0 Å². The van der Waals surface area contributed by atoms with Gasteiger partial charge in [0.15, 0.2) is 0 Å². The maximum atomic E-state index is 11.2. The van der Waals surface area contributed by atoms with Crippen LogP contribution in [0.4, 0.5) is 0 Å². The maximum Gasteiger partial charge on any atom is 0.250 e. The van der Waals surface area contributed by atoms with Crippen LogP contribution >= 0.6 is 27.5 Å². The minimum atomic E-state index is -0.686. The summed E-state index contributed by atoms with van der Waals surface area (Å²) in [6.07, 6.45) is 0.937. The van der Waals surface area contributed by atoms with Crippen molar-refractivity contribution in [3.05, 3.63) is 33.2 Å². The van der Waals surface area contributed by atoms with Gasteiger partial charge in [0, 0.05) is 16.7 Å². The van der Waals surface area contributed by atoms with Crippen molar-refractivity contribution in [1.29, 1.82) is 0 Å². The largest absolute Gasteiger partial charge is 0.390 e. The molecule has 0 aliphatic carbocycles. The molecule has 0 bridgehead atoms. The molecule has 0 amide bonds. The predicted octanol–water partition coefficient (Wildman–Crippen LogP) is 1.21. The molecule has 0 aliphatic rings. The van der Waals surface area contributed by atoms with Gasteiger partial charge in [-0.2, -0.15) is 0 Å². The summed E-state index contributed by atoms with van der Waals surface area (Å²) in [6.45, 7) is 0.224. The van der Waals surface area contributed by atoms with Crippen LogP contribution in [0.15, 0.2) is 27.6 Å². The Balaban J connectivity index is 2.87. The Morgan fingerprint density at radius 1 is 1.62 bits per heavy atom. The van der Waals surface area contributed by atoms with Gasteiger partial charge in [0.1, 0.15) is 0 Å². The molecule has 0 aliphatic heterocycles. The van der Waals surface area contributed by atoms with Crippen molar-refractivity contribution in [3.8, 4) is 0 Å². The predicted molar refractivity (Wildman–Crippen MR) is 55.1 cm³/mol. The van der Waals surface area contributed by atoms with Crippen molar-refractivity contribution >= 4 is 27.5 Å². The minimum Gasteiger partial charge on any atom is -0.390 e. The fraction of sp³-hybridized carbons (Fsp3) is 0.375. The summed E-state index contributed by atoms with van der Waals surface area (Å²) >= 11 is 8.65. The molecule has 1 atom stereocenters. The number of hydrogen-bond acceptors (Lipinski definition) is 2. The summed E-state index contributed by atoms with van der Waals surface area (Å²) < 4.78 is 2.21. The zero-order valence-corrected chi connectivity index (χ0v) is 9.12. The molecule has 1 aromatic rings. The van der Waals surface area contributed by atoms with E-state index < -0.39 is 6.10 Å². The quantitative estimate of drug-likeness (QED) is 0.836. The third kappa shape index (κ3) is 3.14. The molecule has 1 rings (SSSR count). The number of alkyl halides is 1. The van der Waals surface area contributed by atoms with E-state index in [0.717, 1.165) is 4.47 Å². The monoisotopic (exact) mass is 265 g/mol. The SMILES string of the molecule is O=c1ccc(Br)cn1CC(O)CCl. The number of aliphatic hydroxyl groups excluding tert-OH is 1. The lowest BCUT2D eigenvalue weighted by Gasteiger charge is -2.09. The number of aliphatic hydroxyl groups is 1. The zero-order valence-electron chi connectivity index (χ0n) is 6.78. The standard InChI is InChI=1S/C8H9BrClNO2/c9-6-1-2-8(13)11(4-6)5-7(12)3-10/h1-2,4,7,12H,3,5H2. The van der Waals surface area contributed by atoms with Gasteiger partial charge in [-0.1, -0.05) is 0 Å². The van der Waals surface area contributed by atoms with Crippen LogP contribution in [-0.4, -0.2) is 21.7 Å². The number of hydrogen-bond donors (Lipinski definition) is 1. The third-order valence-corrected chi connectivity index (χ3v) is 2.36. The van der Waals surface area contributed by atoms with Crippen LogP contribution in [0.3, 0.4) is 0 Å². The summed E-state index contributed by atoms with van der Waals surface area (Å²) in [5.74, 6) is 0.124. The zero-order chi connectivity index (χ0) is 9.84. The topological polar surface area (TPSA) is 42.2 Å². The highest BCUT2D eigenvalue weighted by Crippen LogP contribution is 2.05. The van der Waals surface area contributed by atoms with E-state index >= 15 is 0 Å². The van der Waals surface area contributed by atoms with Crippen molar-refractivity contribution in [3.63, 3.8) is 0 Å². The summed E-state index contributed by atoms with van der Waals surface area (Å²) in [5.41, 5.74) is -0.146. The van der Waals surface area contributed by atoms with Crippen LogP contribution in [-0.2, 0) is 6.54 Å². The van der Waals surface area contributed by atoms with E-state index in [0.29, 0.717) is 0 Å². The molecule has 0 saturated heterocycles. The van der Waals surface area contributed by atoms with E-state index in [1.165, 1.54) is 10.6 Å². The summed E-state index contributed by atoms with van der Waals surface area (Å²) in [4.78, 5) is 11.2. The highest BCUT2D eigenvalue weighted by Gasteiger charge is 2.04. The molecule has 3 nitrogen and oxygen atoms in total. The van der Waals surface area contributed by atoms with Crippen LogP contribution in [0.1, 0.15) is 0 Å². The Morgan fingerprint density at radius 3 is 2.92 bits per heavy atom. The second kappa shape index (κ2) is 4.79. The summed E-state index contributed by atoms with van der Waals surface area (Å²) in [7, 11) is 0. The number of nitrogens with zero attached hydrogens (tertiary/aromatic N) is 1. The van der Waals surface area contributed by atoms with E-state index in [1.807, 2.05) is 0 Å². The minimum absolute atomic E-state index is 0.124. The van der Waals surface area contributed by atoms with Crippen molar-refractivity contribution in [2.24, 2.45) is 0 Å². The smallest absolute Gasteiger partial charge is 0.250 e. The van der Waals surface area contributed by atoms with Crippen molar-refractivity contribution in [2.75, 3.05) is 5.88 Å². The number of halogens is 2. The molecule has 0 saturated carbocycles. The normalized spacial score (nSPS) is 12.8. The molecule has 72 valence electrons. The molecule has 13 heavy (non-hydrogen) atoms. The first-order chi connectivity index (χ1) is 6.13. The average molecular weight is 267 g/mol. The Labute approximate surface area is 89.1 Å². The summed E-state index contributed by atoms with van der Waals surface area (Å²) in [6, 6.07) is 3.09. The highest BCUT2D eigenvalue weighted by molar-refractivity contribution is 9.10. The highest BCUT2D eigenvalue weighted by atomic mass is 79.9. The lowest BCUT2D eigenvalue weighted by atomic mass is 10.4. The molecular formula is C8H9BrClNO2. The number of aromatic nitrogens is 1. The molecule has 0 radical (unpaired) electrons. The van der Waals surface area contributed by atoms with Gasteiger partial charge in [-0.25, -0.2) is 0 Å². The fourth-order valence-corrected chi connectivity index (χ4v) is 1.40. The van der Waals surface area contributed by atoms with Crippen LogP contribution < -0.4 is 5.56 Å². The fourth-order valence-electron chi connectivity index (χ4n) is 0.921. The van der Waals surface area contributed by atoms with Crippen LogP contribution in [0, 0.1) is 0 Å². The Hall–Kier alpha value is -0.320. The van der Waals surface area contributed by atoms with E-state index in [2.05, 4.69) is 15.9 Å². The van der Waals surface area contributed by atoms with Crippen molar-refractivity contribution in [2.45, 2.75) is 12.6 Å². The van der Waals surface area contributed by atoms with Gasteiger partial charge >= 0.3 is 0 Å². The second-order valence-electron chi connectivity index (χ2n) is 2.65. The van der Waals surface area contributed by atoms with Gasteiger partial charge in [0.2, 0.25) is 0 Å². The van der Waals surface area contributed by atoms with E-state index in [4.69, 9.17) is 11.6 Å². The van der Waals surface area contributed by atoms with Gasteiger partial charge in [0.25, 0.3) is 5.56 Å². The Kier molecular flexibility index (Phi) is 3.96. The lowest BCUT2D eigenvalue weighted by molar-refractivity contribution is 0.175. The van der Waals surface area contributed by atoms with Crippen molar-refractivity contribution in [1.82, 2.24) is 4.57 Å². The van der Waals surface area contributed by atoms with E-state index in [-0.39, 0.29) is 18.0 Å². The van der Waals surface area contributed by atoms with Crippen LogP contribution in [0.2, 0.25) is 0 Å². The van der Waals surface area contributed by atoms with Gasteiger partial charge in [0.05, 0.1) is 18.5 Å². The first-order valence-electron chi connectivity index (χ1n) is 3.73. The molecule has 5 heteroatoms. The van der Waals surface area contributed by atoms with E-state index in [9.17, 15) is 9.90 Å². The molecular weight excluding hydrogens is 257 g/mol. The van der Waals surface area contributed by atoms with Crippen molar-refractivity contribution < 1.29 is 5.11 Å². The molecule has 1 unspecified atom stereocenters.